The summed E-state index contributed by atoms with van der Waals surface area (Å²) in [4.78, 5) is 19.0. The summed E-state index contributed by atoms with van der Waals surface area (Å²) in [5.41, 5.74) is 3.45. The minimum Gasteiger partial charge on any atom is -0.493 e. The molecular formula is C23H31N3O2. The summed E-state index contributed by atoms with van der Waals surface area (Å²) < 4.78 is 5.68. The molecule has 1 aliphatic heterocycles. The Kier molecular flexibility index (Phi) is 7.29. The molecule has 1 aliphatic rings. The van der Waals surface area contributed by atoms with Gasteiger partial charge >= 0.3 is 0 Å². The lowest BCUT2D eigenvalue weighted by atomic mass is 10.1. The molecule has 0 spiro atoms. The summed E-state index contributed by atoms with van der Waals surface area (Å²) >= 11 is 0. The van der Waals surface area contributed by atoms with Crippen molar-refractivity contribution in [3.63, 3.8) is 0 Å². The van der Waals surface area contributed by atoms with E-state index in [4.69, 9.17) is 4.74 Å². The molecule has 28 heavy (non-hydrogen) atoms. The van der Waals surface area contributed by atoms with Crippen LogP contribution in [0.5, 0.6) is 5.75 Å². The van der Waals surface area contributed by atoms with Crippen LogP contribution < -0.4 is 15.0 Å². The van der Waals surface area contributed by atoms with Crippen molar-refractivity contribution in [3.05, 3.63) is 53.2 Å². The van der Waals surface area contributed by atoms with Crippen LogP contribution in [0.15, 0.2) is 36.5 Å². The van der Waals surface area contributed by atoms with Gasteiger partial charge in [-0.05, 0) is 61.6 Å². The molecule has 3 rings (SSSR count). The van der Waals surface area contributed by atoms with Gasteiger partial charge in [0.2, 0.25) is 5.91 Å². The standard InChI is InChI=1S/C23H31N3O2/c1-18-7-9-21(15-19(18)2)28-14-11-23(27)25-17-20-8-10-22(24-16-20)26-12-5-3-4-6-13-26/h7-10,15-16H,3-6,11-14,17H2,1-2H3,(H,25,27). The summed E-state index contributed by atoms with van der Waals surface area (Å²) in [5.74, 6) is 1.84. The van der Waals surface area contributed by atoms with Crippen molar-refractivity contribution in [2.75, 3.05) is 24.6 Å². The first-order valence-electron chi connectivity index (χ1n) is 10.3. The van der Waals surface area contributed by atoms with Crippen molar-refractivity contribution < 1.29 is 9.53 Å². The van der Waals surface area contributed by atoms with Gasteiger partial charge in [0.15, 0.2) is 0 Å². The molecular weight excluding hydrogens is 350 g/mol. The van der Waals surface area contributed by atoms with Crippen LogP contribution >= 0.6 is 0 Å². The van der Waals surface area contributed by atoms with Gasteiger partial charge in [0, 0.05) is 25.8 Å². The van der Waals surface area contributed by atoms with Crippen molar-refractivity contribution in [1.82, 2.24) is 10.3 Å². The molecule has 0 unspecified atom stereocenters. The molecule has 1 aromatic carbocycles. The number of hydrogen-bond acceptors (Lipinski definition) is 4. The minimum absolute atomic E-state index is 0.0135. The second-order valence-electron chi connectivity index (χ2n) is 7.55. The van der Waals surface area contributed by atoms with Crippen LogP contribution in [0.3, 0.4) is 0 Å². The quantitative estimate of drug-likeness (QED) is 0.782. The van der Waals surface area contributed by atoms with Gasteiger partial charge in [-0.3, -0.25) is 4.79 Å². The van der Waals surface area contributed by atoms with Gasteiger partial charge in [0.05, 0.1) is 13.0 Å². The zero-order chi connectivity index (χ0) is 19.8. The second-order valence-corrected chi connectivity index (χ2v) is 7.55. The third-order valence-corrected chi connectivity index (χ3v) is 5.31. The van der Waals surface area contributed by atoms with E-state index in [9.17, 15) is 4.79 Å². The molecule has 150 valence electrons. The van der Waals surface area contributed by atoms with E-state index >= 15 is 0 Å². The van der Waals surface area contributed by atoms with E-state index in [0.717, 1.165) is 30.2 Å². The number of rotatable bonds is 7. The van der Waals surface area contributed by atoms with Crippen molar-refractivity contribution in [2.45, 2.75) is 52.5 Å². The van der Waals surface area contributed by atoms with E-state index in [0.29, 0.717) is 19.6 Å². The number of amides is 1. The number of aromatic nitrogens is 1. The molecule has 0 radical (unpaired) electrons. The van der Waals surface area contributed by atoms with Crippen molar-refractivity contribution in [3.8, 4) is 5.75 Å². The van der Waals surface area contributed by atoms with Crippen LogP contribution in [0.2, 0.25) is 0 Å². The summed E-state index contributed by atoms with van der Waals surface area (Å²) in [6.07, 6.45) is 7.31. The van der Waals surface area contributed by atoms with E-state index < -0.39 is 0 Å². The zero-order valence-electron chi connectivity index (χ0n) is 17.0. The number of ether oxygens (including phenoxy) is 1. The highest BCUT2D eigenvalue weighted by molar-refractivity contribution is 5.76. The molecule has 5 heteroatoms. The number of carbonyl (C=O) groups excluding carboxylic acids is 1. The van der Waals surface area contributed by atoms with Crippen LogP contribution in [-0.2, 0) is 11.3 Å². The van der Waals surface area contributed by atoms with Crippen molar-refractivity contribution >= 4 is 11.7 Å². The van der Waals surface area contributed by atoms with Gasteiger partial charge in [-0.15, -0.1) is 0 Å². The van der Waals surface area contributed by atoms with Crippen molar-refractivity contribution in [2.24, 2.45) is 0 Å². The highest BCUT2D eigenvalue weighted by Gasteiger charge is 2.11. The van der Waals surface area contributed by atoms with E-state index in [1.807, 2.05) is 24.4 Å². The van der Waals surface area contributed by atoms with Gasteiger partial charge in [0.1, 0.15) is 11.6 Å². The Morgan fingerprint density at radius 2 is 1.86 bits per heavy atom. The number of carbonyl (C=O) groups is 1. The van der Waals surface area contributed by atoms with Gasteiger partial charge in [-0.25, -0.2) is 4.98 Å². The fourth-order valence-corrected chi connectivity index (χ4v) is 3.36. The lowest BCUT2D eigenvalue weighted by Crippen LogP contribution is -2.26. The smallest absolute Gasteiger partial charge is 0.223 e. The first-order chi connectivity index (χ1) is 13.6. The second kappa shape index (κ2) is 10.1. The highest BCUT2D eigenvalue weighted by Crippen LogP contribution is 2.18. The number of nitrogens with zero attached hydrogens (tertiary/aromatic N) is 2. The van der Waals surface area contributed by atoms with E-state index in [1.165, 1.54) is 36.8 Å². The number of aryl methyl sites for hydroxylation is 2. The van der Waals surface area contributed by atoms with Crippen molar-refractivity contribution in [1.29, 1.82) is 0 Å². The SMILES string of the molecule is Cc1ccc(OCCC(=O)NCc2ccc(N3CCCCCC3)nc2)cc1C. The van der Waals surface area contributed by atoms with Crippen LogP contribution in [0, 0.1) is 13.8 Å². The Balaban J connectivity index is 1.39. The molecule has 1 N–H and O–H groups in total. The number of benzene rings is 1. The summed E-state index contributed by atoms with van der Waals surface area (Å²) in [5, 5.41) is 2.94. The lowest BCUT2D eigenvalue weighted by molar-refractivity contribution is -0.121. The van der Waals surface area contributed by atoms with E-state index in [2.05, 4.69) is 41.2 Å². The predicted molar refractivity (Wildman–Crippen MR) is 113 cm³/mol. The Bertz CT molecular complexity index is 766. The Morgan fingerprint density at radius 1 is 1.07 bits per heavy atom. The molecule has 1 fully saturated rings. The van der Waals surface area contributed by atoms with E-state index in [-0.39, 0.29) is 5.91 Å². The molecule has 1 saturated heterocycles. The van der Waals surface area contributed by atoms with Gasteiger partial charge in [-0.2, -0.15) is 0 Å². The molecule has 0 bridgehead atoms. The Hall–Kier alpha value is -2.56. The van der Waals surface area contributed by atoms with E-state index in [1.54, 1.807) is 0 Å². The first kappa shape index (κ1) is 20.2. The van der Waals surface area contributed by atoms with Gasteiger partial charge in [-0.1, -0.05) is 25.0 Å². The molecule has 0 atom stereocenters. The molecule has 5 nitrogen and oxygen atoms in total. The predicted octanol–water partition coefficient (Wildman–Crippen LogP) is 4.16. The van der Waals surface area contributed by atoms with Crippen LogP contribution in [-0.4, -0.2) is 30.6 Å². The molecule has 0 aliphatic carbocycles. The average molecular weight is 382 g/mol. The summed E-state index contributed by atoms with van der Waals surface area (Å²) in [6.45, 7) is 7.17. The molecule has 2 aromatic rings. The minimum atomic E-state index is -0.0135. The third-order valence-electron chi connectivity index (χ3n) is 5.31. The van der Waals surface area contributed by atoms with Crippen LogP contribution in [0.25, 0.3) is 0 Å². The molecule has 0 saturated carbocycles. The Labute approximate surface area is 168 Å². The summed E-state index contributed by atoms with van der Waals surface area (Å²) in [6, 6.07) is 10.1. The zero-order valence-corrected chi connectivity index (χ0v) is 17.0. The van der Waals surface area contributed by atoms with Crippen LogP contribution in [0.4, 0.5) is 5.82 Å². The maximum Gasteiger partial charge on any atom is 0.223 e. The summed E-state index contributed by atoms with van der Waals surface area (Å²) in [7, 11) is 0. The van der Waals surface area contributed by atoms with Gasteiger partial charge in [0.25, 0.3) is 0 Å². The Morgan fingerprint density at radius 3 is 2.54 bits per heavy atom. The van der Waals surface area contributed by atoms with Crippen LogP contribution in [0.1, 0.15) is 48.8 Å². The maximum absolute atomic E-state index is 12.1. The monoisotopic (exact) mass is 381 g/mol. The molecule has 1 amide bonds. The maximum atomic E-state index is 12.1. The fraction of sp³-hybridized carbons (Fsp3) is 0.478. The number of hydrogen-bond donors (Lipinski definition) is 1. The fourth-order valence-electron chi connectivity index (χ4n) is 3.36. The largest absolute Gasteiger partial charge is 0.493 e. The first-order valence-corrected chi connectivity index (χ1v) is 10.3. The number of anilines is 1. The molecule has 1 aromatic heterocycles. The lowest BCUT2D eigenvalue weighted by Gasteiger charge is -2.21. The average Bonchev–Trinajstić information content (AvgIpc) is 2.99. The normalized spacial score (nSPS) is 14.4. The van der Waals surface area contributed by atoms with Gasteiger partial charge < -0.3 is 15.0 Å². The highest BCUT2D eigenvalue weighted by atomic mass is 16.5. The molecule has 2 heterocycles. The topological polar surface area (TPSA) is 54.5 Å². The number of pyridine rings is 1. The third kappa shape index (κ3) is 5.98. The number of nitrogens with one attached hydrogen (secondary N) is 1.